The molecule has 0 saturated heterocycles. The molecule has 20 heavy (non-hydrogen) atoms. The number of aromatic nitrogens is 1. The first-order valence-corrected chi connectivity index (χ1v) is 7.90. The van der Waals surface area contributed by atoms with Gasteiger partial charge in [-0.3, -0.25) is 5.84 Å². The topological polar surface area (TPSA) is 54.2 Å². The highest BCUT2D eigenvalue weighted by atomic mass is 15.2. The fraction of sp³-hybridized carbons (Fsp3) is 0.688. The van der Waals surface area contributed by atoms with Crippen LogP contribution in [0.3, 0.4) is 0 Å². The summed E-state index contributed by atoms with van der Waals surface area (Å²) in [7, 11) is 2.23. The molecule has 0 radical (unpaired) electrons. The van der Waals surface area contributed by atoms with Gasteiger partial charge in [0, 0.05) is 13.1 Å². The van der Waals surface area contributed by atoms with Gasteiger partial charge >= 0.3 is 0 Å². The molecule has 4 heteroatoms. The fourth-order valence-corrected chi connectivity index (χ4v) is 5.36. The number of nitrogens with zero attached hydrogens (tertiary/aromatic N) is 2. The third-order valence-corrected chi connectivity index (χ3v) is 5.90. The van der Waals surface area contributed by atoms with Gasteiger partial charge in [-0.1, -0.05) is 0 Å². The molecule has 0 amide bonds. The van der Waals surface area contributed by atoms with E-state index in [0.29, 0.717) is 6.04 Å². The number of nitrogens with two attached hydrogens (primary N) is 1. The molecule has 5 rings (SSSR count). The maximum Gasteiger partial charge on any atom is 0.128 e. The molecule has 3 N–H and O–H groups in total. The molecular weight excluding hydrogens is 248 g/mol. The summed E-state index contributed by atoms with van der Waals surface area (Å²) in [6.07, 6.45) is 9.13. The van der Waals surface area contributed by atoms with Crippen LogP contribution in [-0.4, -0.2) is 18.1 Å². The largest absolute Gasteiger partial charge is 0.356 e. The number of nitrogen functional groups attached to an aromatic ring is 1. The molecule has 1 heterocycles. The number of rotatable bonds is 3. The van der Waals surface area contributed by atoms with Crippen LogP contribution in [0.4, 0.5) is 11.5 Å². The number of nitrogens with one attached hydrogen (secondary N) is 1. The molecule has 0 atom stereocenters. The van der Waals surface area contributed by atoms with Crippen molar-refractivity contribution < 1.29 is 0 Å². The van der Waals surface area contributed by atoms with Crippen LogP contribution in [0.5, 0.6) is 0 Å². The summed E-state index contributed by atoms with van der Waals surface area (Å²) in [5.74, 6) is 10.3. The summed E-state index contributed by atoms with van der Waals surface area (Å²) >= 11 is 0. The lowest BCUT2D eigenvalue weighted by Gasteiger charge is -2.56. The second-order valence-corrected chi connectivity index (χ2v) is 7.08. The SMILES string of the molecule is CN(c1ccc(NN)cn1)C1C2CC3CC(C2)CC1C3. The van der Waals surface area contributed by atoms with Crippen molar-refractivity contribution >= 4 is 11.5 Å². The molecule has 1 aromatic rings. The van der Waals surface area contributed by atoms with Gasteiger partial charge in [0.1, 0.15) is 5.82 Å². The third-order valence-electron chi connectivity index (χ3n) is 5.90. The van der Waals surface area contributed by atoms with Crippen LogP contribution in [-0.2, 0) is 0 Å². The Morgan fingerprint density at radius 1 is 1.10 bits per heavy atom. The summed E-state index contributed by atoms with van der Waals surface area (Å²) in [5, 5.41) is 0. The summed E-state index contributed by atoms with van der Waals surface area (Å²) in [6, 6.07) is 4.79. The lowest BCUT2D eigenvalue weighted by Crippen LogP contribution is -2.55. The van der Waals surface area contributed by atoms with Gasteiger partial charge in [-0.25, -0.2) is 4.98 Å². The first kappa shape index (κ1) is 12.5. The van der Waals surface area contributed by atoms with E-state index in [4.69, 9.17) is 5.84 Å². The summed E-state index contributed by atoms with van der Waals surface area (Å²) in [6.45, 7) is 0. The lowest BCUT2D eigenvalue weighted by molar-refractivity contribution is -0.00142. The van der Waals surface area contributed by atoms with Crippen molar-refractivity contribution in [2.45, 2.75) is 38.1 Å². The molecule has 0 aromatic carbocycles. The highest BCUT2D eigenvalue weighted by Gasteiger charge is 2.49. The first-order chi connectivity index (χ1) is 9.74. The maximum atomic E-state index is 5.41. The molecule has 108 valence electrons. The molecule has 4 fully saturated rings. The van der Waals surface area contributed by atoms with Gasteiger partial charge in [0.2, 0.25) is 0 Å². The van der Waals surface area contributed by atoms with Crippen molar-refractivity contribution in [1.29, 1.82) is 0 Å². The molecule has 0 unspecified atom stereocenters. The molecule has 4 saturated carbocycles. The Kier molecular flexibility index (Phi) is 2.88. The molecule has 4 nitrogen and oxygen atoms in total. The van der Waals surface area contributed by atoms with Gasteiger partial charge in [-0.2, -0.15) is 0 Å². The van der Waals surface area contributed by atoms with E-state index in [1.165, 1.54) is 32.1 Å². The average molecular weight is 272 g/mol. The van der Waals surface area contributed by atoms with Gasteiger partial charge in [0.15, 0.2) is 0 Å². The number of anilines is 2. The Labute approximate surface area is 120 Å². The minimum atomic E-state index is 0.701. The van der Waals surface area contributed by atoms with E-state index < -0.39 is 0 Å². The number of hydrazine groups is 1. The van der Waals surface area contributed by atoms with Crippen molar-refractivity contribution in [1.82, 2.24) is 4.98 Å². The smallest absolute Gasteiger partial charge is 0.128 e. The number of pyridine rings is 1. The Balaban J connectivity index is 1.57. The normalized spacial score (nSPS) is 38.0. The Hall–Kier alpha value is -1.29. The average Bonchev–Trinajstić information content (AvgIpc) is 2.46. The zero-order chi connectivity index (χ0) is 13.7. The molecule has 4 bridgehead atoms. The summed E-state index contributed by atoms with van der Waals surface area (Å²) in [4.78, 5) is 7.00. The molecule has 4 aliphatic rings. The van der Waals surface area contributed by atoms with Gasteiger partial charge in [0.05, 0.1) is 11.9 Å². The van der Waals surface area contributed by atoms with Crippen LogP contribution < -0.4 is 16.2 Å². The third kappa shape index (κ3) is 1.89. The highest BCUT2D eigenvalue weighted by Crippen LogP contribution is 2.55. The van der Waals surface area contributed by atoms with E-state index in [1.54, 1.807) is 0 Å². The van der Waals surface area contributed by atoms with Crippen molar-refractivity contribution in [3.8, 4) is 0 Å². The molecule has 4 aliphatic carbocycles. The predicted octanol–water partition coefficient (Wildman–Crippen LogP) is 2.63. The van der Waals surface area contributed by atoms with E-state index in [2.05, 4.69) is 28.4 Å². The van der Waals surface area contributed by atoms with Gasteiger partial charge in [-0.05, 0) is 67.9 Å². The minimum Gasteiger partial charge on any atom is -0.356 e. The van der Waals surface area contributed by atoms with E-state index >= 15 is 0 Å². The maximum absolute atomic E-state index is 5.41. The standard InChI is InChI=1S/C16H24N4/c1-20(15-3-2-14(19-17)9-18-15)16-12-5-10-4-11(7-12)8-13(16)6-10/h2-3,9-13,16,19H,4-8,17H2,1H3. The quantitative estimate of drug-likeness (QED) is 0.656. The monoisotopic (exact) mass is 272 g/mol. The predicted molar refractivity (Wildman–Crippen MR) is 81.3 cm³/mol. The van der Waals surface area contributed by atoms with Crippen LogP contribution in [0, 0.1) is 23.7 Å². The van der Waals surface area contributed by atoms with Crippen LogP contribution in [0.1, 0.15) is 32.1 Å². The van der Waals surface area contributed by atoms with E-state index in [9.17, 15) is 0 Å². The number of hydrogen-bond donors (Lipinski definition) is 2. The molecule has 0 aliphatic heterocycles. The summed E-state index contributed by atoms with van der Waals surface area (Å²) in [5.41, 5.74) is 3.51. The lowest BCUT2D eigenvalue weighted by atomic mass is 9.54. The Morgan fingerprint density at radius 2 is 1.75 bits per heavy atom. The van der Waals surface area contributed by atoms with Crippen molar-refractivity contribution in [2.24, 2.45) is 29.5 Å². The van der Waals surface area contributed by atoms with E-state index in [-0.39, 0.29) is 0 Å². The number of hydrogen-bond acceptors (Lipinski definition) is 4. The first-order valence-electron chi connectivity index (χ1n) is 7.90. The van der Waals surface area contributed by atoms with Crippen molar-refractivity contribution in [3.63, 3.8) is 0 Å². The molecule has 1 aromatic heterocycles. The fourth-order valence-electron chi connectivity index (χ4n) is 5.36. The second kappa shape index (κ2) is 4.62. The van der Waals surface area contributed by atoms with Gasteiger partial charge in [-0.15, -0.1) is 0 Å². The Bertz CT molecular complexity index is 456. The Morgan fingerprint density at radius 3 is 2.25 bits per heavy atom. The molecule has 0 spiro atoms. The van der Waals surface area contributed by atoms with Gasteiger partial charge in [0.25, 0.3) is 0 Å². The van der Waals surface area contributed by atoms with Crippen molar-refractivity contribution in [3.05, 3.63) is 18.3 Å². The van der Waals surface area contributed by atoms with Crippen LogP contribution in [0.25, 0.3) is 0 Å². The van der Waals surface area contributed by atoms with Crippen LogP contribution >= 0.6 is 0 Å². The summed E-state index contributed by atoms with van der Waals surface area (Å²) < 4.78 is 0. The second-order valence-electron chi connectivity index (χ2n) is 7.08. The van der Waals surface area contributed by atoms with Gasteiger partial charge < -0.3 is 10.3 Å². The minimum absolute atomic E-state index is 0.701. The highest BCUT2D eigenvalue weighted by molar-refractivity contribution is 5.48. The van der Waals surface area contributed by atoms with Crippen molar-refractivity contribution in [2.75, 3.05) is 17.4 Å². The van der Waals surface area contributed by atoms with Crippen LogP contribution in [0.15, 0.2) is 18.3 Å². The van der Waals surface area contributed by atoms with E-state index in [0.717, 1.165) is 35.2 Å². The zero-order valence-corrected chi connectivity index (χ0v) is 12.1. The molecular formula is C16H24N4. The zero-order valence-electron chi connectivity index (χ0n) is 12.1. The van der Waals surface area contributed by atoms with Crippen LogP contribution in [0.2, 0.25) is 0 Å². The van der Waals surface area contributed by atoms with E-state index in [1.807, 2.05) is 12.3 Å².